The van der Waals surface area contributed by atoms with Crippen molar-refractivity contribution in [2.45, 2.75) is 18.9 Å². The van der Waals surface area contributed by atoms with Gasteiger partial charge in [0.05, 0.1) is 0 Å². The molecule has 7 heteroatoms. The number of carbonyl (C=O) groups is 3. The number of para-hydroxylation sites is 1. The second-order valence-electron chi connectivity index (χ2n) is 4.71. The summed E-state index contributed by atoms with van der Waals surface area (Å²) in [5.41, 5.74) is 1.42. The summed E-state index contributed by atoms with van der Waals surface area (Å²) in [6, 6.07) is 5.68. The maximum Gasteiger partial charge on any atom is 0.327 e. The van der Waals surface area contributed by atoms with Crippen molar-refractivity contribution in [1.29, 1.82) is 0 Å². The fourth-order valence-corrected chi connectivity index (χ4v) is 2.33. The first-order valence-electron chi connectivity index (χ1n) is 6.63. The number of rotatable bonds is 4. The van der Waals surface area contributed by atoms with Crippen LogP contribution in [0.3, 0.4) is 0 Å². The average Bonchev–Trinajstić information content (AvgIpc) is 2.86. The van der Waals surface area contributed by atoms with Crippen LogP contribution >= 0.6 is 0 Å². The van der Waals surface area contributed by atoms with Crippen molar-refractivity contribution >= 4 is 23.6 Å². The lowest BCUT2D eigenvalue weighted by atomic mass is 10.1. The van der Waals surface area contributed by atoms with Gasteiger partial charge in [-0.2, -0.15) is 0 Å². The molecular weight excluding hydrogens is 274 g/mol. The Morgan fingerprint density at radius 2 is 2.05 bits per heavy atom. The molecule has 0 aromatic heterocycles. The Morgan fingerprint density at radius 1 is 1.33 bits per heavy atom. The zero-order chi connectivity index (χ0) is 15.4. The Morgan fingerprint density at radius 3 is 2.71 bits per heavy atom. The van der Waals surface area contributed by atoms with Crippen LogP contribution in [0.4, 0.5) is 10.5 Å². The minimum atomic E-state index is -1.05. The number of hydrogen-bond donors (Lipinski definition) is 3. The van der Waals surface area contributed by atoms with Crippen molar-refractivity contribution in [3.05, 3.63) is 29.8 Å². The number of fused-ring (bicyclic) bond motifs is 1. The van der Waals surface area contributed by atoms with E-state index >= 15 is 0 Å². The Balaban J connectivity index is 2.09. The summed E-state index contributed by atoms with van der Waals surface area (Å²) >= 11 is 0. The molecule has 1 aromatic carbocycles. The van der Waals surface area contributed by atoms with E-state index < -0.39 is 18.0 Å². The van der Waals surface area contributed by atoms with Crippen LogP contribution in [0, 0.1) is 0 Å². The van der Waals surface area contributed by atoms with Crippen molar-refractivity contribution in [1.82, 2.24) is 10.6 Å². The molecule has 0 spiro atoms. The molecule has 0 radical (unpaired) electrons. The molecule has 1 aromatic rings. The Labute approximate surface area is 121 Å². The molecule has 1 heterocycles. The van der Waals surface area contributed by atoms with Crippen LogP contribution in [0.25, 0.3) is 0 Å². The van der Waals surface area contributed by atoms with Gasteiger partial charge in [0, 0.05) is 32.1 Å². The molecule has 7 nitrogen and oxygen atoms in total. The number of urea groups is 1. The third-order valence-electron chi connectivity index (χ3n) is 3.39. The van der Waals surface area contributed by atoms with Crippen molar-refractivity contribution in [2.75, 3.05) is 18.5 Å². The van der Waals surface area contributed by atoms with Gasteiger partial charge in [-0.05, 0) is 11.6 Å². The molecule has 0 saturated heterocycles. The van der Waals surface area contributed by atoms with Crippen LogP contribution in [0.5, 0.6) is 0 Å². The Bertz CT molecular complexity index is 573. The maximum absolute atomic E-state index is 12.2. The van der Waals surface area contributed by atoms with Gasteiger partial charge in [-0.15, -0.1) is 0 Å². The predicted octanol–water partition coefficient (Wildman–Crippen LogP) is 0.348. The summed E-state index contributed by atoms with van der Waals surface area (Å²) in [6.07, 6.45) is 0.434. The van der Waals surface area contributed by atoms with E-state index in [1.807, 2.05) is 12.1 Å². The molecule has 1 unspecified atom stereocenters. The highest BCUT2D eigenvalue weighted by atomic mass is 16.4. The first-order chi connectivity index (χ1) is 10.0. The molecule has 0 aliphatic carbocycles. The van der Waals surface area contributed by atoms with Gasteiger partial charge in [0.1, 0.15) is 6.04 Å². The summed E-state index contributed by atoms with van der Waals surface area (Å²) in [5.74, 6) is -1.24. The van der Waals surface area contributed by atoms with Crippen molar-refractivity contribution in [3.63, 3.8) is 0 Å². The fourth-order valence-electron chi connectivity index (χ4n) is 2.33. The number of amides is 3. The van der Waals surface area contributed by atoms with E-state index in [-0.39, 0.29) is 25.3 Å². The molecule has 0 fully saturated rings. The molecule has 0 bridgehead atoms. The van der Waals surface area contributed by atoms with Gasteiger partial charge in [0.2, 0.25) is 5.91 Å². The molecule has 1 aliphatic rings. The second-order valence-corrected chi connectivity index (χ2v) is 4.71. The first kappa shape index (κ1) is 14.8. The standard InChI is InChI=1S/C14H17N3O4/c1-15-12(18)6-7-16-14(21)17-10-5-3-2-4-9(10)8-11(17)13(19)20/h2-5,11H,6-8H2,1H3,(H,15,18)(H,16,21)(H,19,20). The Hall–Kier alpha value is -2.57. The number of carboxylic acids is 1. The topological polar surface area (TPSA) is 98.7 Å². The van der Waals surface area contributed by atoms with E-state index in [0.29, 0.717) is 5.69 Å². The van der Waals surface area contributed by atoms with Crippen molar-refractivity contribution < 1.29 is 19.5 Å². The molecule has 1 atom stereocenters. The van der Waals surface area contributed by atoms with E-state index in [1.54, 1.807) is 12.1 Å². The van der Waals surface area contributed by atoms with E-state index in [4.69, 9.17) is 0 Å². The molecule has 0 saturated carbocycles. The minimum absolute atomic E-state index is 0.148. The number of nitrogens with one attached hydrogen (secondary N) is 2. The summed E-state index contributed by atoms with van der Waals surface area (Å²) < 4.78 is 0. The molecule has 3 N–H and O–H groups in total. The van der Waals surface area contributed by atoms with Crippen LogP contribution in [0.1, 0.15) is 12.0 Å². The van der Waals surface area contributed by atoms with Crippen LogP contribution in [0.2, 0.25) is 0 Å². The number of carboxylic acid groups (broad SMARTS) is 1. The quantitative estimate of drug-likeness (QED) is 0.745. The van der Waals surface area contributed by atoms with Crippen molar-refractivity contribution in [2.24, 2.45) is 0 Å². The van der Waals surface area contributed by atoms with E-state index in [0.717, 1.165) is 5.56 Å². The molecular formula is C14H17N3O4. The highest BCUT2D eigenvalue weighted by Gasteiger charge is 2.38. The lowest BCUT2D eigenvalue weighted by Gasteiger charge is -2.22. The molecule has 112 valence electrons. The lowest BCUT2D eigenvalue weighted by Crippen LogP contribution is -2.48. The average molecular weight is 291 g/mol. The number of nitrogens with zero attached hydrogens (tertiary/aromatic N) is 1. The third-order valence-corrected chi connectivity index (χ3v) is 3.39. The normalized spacial score (nSPS) is 16.2. The fraction of sp³-hybridized carbons (Fsp3) is 0.357. The SMILES string of the molecule is CNC(=O)CCNC(=O)N1c2ccccc2CC1C(=O)O. The summed E-state index contributed by atoms with van der Waals surface area (Å²) in [7, 11) is 1.52. The largest absolute Gasteiger partial charge is 0.480 e. The van der Waals surface area contributed by atoms with Crippen LogP contribution in [0.15, 0.2) is 24.3 Å². The minimum Gasteiger partial charge on any atom is -0.480 e. The predicted molar refractivity (Wildman–Crippen MR) is 76.1 cm³/mol. The number of benzene rings is 1. The molecule has 1 aliphatic heterocycles. The van der Waals surface area contributed by atoms with Gasteiger partial charge in [0.15, 0.2) is 0 Å². The van der Waals surface area contributed by atoms with Gasteiger partial charge in [0.25, 0.3) is 0 Å². The van der Waals surface area contributed by atoms with Crippen LogP contribution in [-0.2, 0) is 16.0 Å². The van der Waals surface area contributed by atoms with E-state index in [9.17, 15) is 19.5 Å². The summed E-state index contributed by atoms with van der Waals surface area (Å²) in [5, 5.41) is 14.3. The zero-order valence-electron chi connectivity index (χ0n) is 11.6. The van der Waals surface area contributed by atoms with Gasteiger partial charge in [-0.1, -0.05) is 18.2 Å². The van der Waals surface area contributed by atoms with Gasteiger partial charge in [-0.3, -0.25) is 9.69 Å². The summed E-state index contributed by atoms with van der Waals surface area (Å²) in [6.45, 7) is 0.156. The number of anilines is 1. The van der Waals surface area contributed by atoms with Crippen LogP contribution < -0.4 is 15.5 Å². The monoisotopic (exact) mass is 291 g/mol. The zero-order valence-corrected chi connectivity index (χ0v) is 11.6. The van der Waals surface area contributed by atoms with E-state index in [2.05, 4.69) is 10.6 Å². The second kappa shape index (κ2) is 6.25. The third kappa shape index (κ3) is 3.13. The highest BCUT2D eigenvalue weighted by Crippen LogP contribution is 2.32. The number of carbonyl (C=O) groups excluding carboxylic acids is 2. The van der Waals surface area contributed by atoms with Gasteiger partial charge >= 0.3 is 12.0 Å². The highest BCUT2D eigenvalue weighted by molar-refractivity contribution is 6.01. The number of hydrogen-bond acceptors (Lipinski definition) is 3. The lowest BCUT2D eigenvalue weighted by molar-refractivity contribution is -0.138. The van der Waals surface area contributed by atoms with Crippen molar-refractivity contribution in [3.8, 4) is 0 Å². The first-order valence-corrected chi connectivity index (χ1v) is 6.63. The van der Waals surface area contributed by atoms with Gasteiger partial charge < -0.3 is 15.7 Å². The molecule has 3 amide bonds. The molecule has 21 heavy (non-hydrogen) atoms. The van der Waals surface area contributed by atoms with Crippen LogP contribution in [-0.4, -0.2) is 42.6 Å². The maximum atomic E-state index is 12.2. The number of aliphatic carboxylic acids is 1. The molecule has 2 rings (SSSR count). The summed E-state index contributed by atoms with van der Waals surface area (Å²) in [4.78, 5) is 35.9. The Kier molecular flexibility index (Phi) is 4.42. The van der Waals surface area contributed by atoms with E-state index in [1.165, 1.54) is 11.9 Å². The smallest absolute Gasteiger partial charge is 0.327 e. The van der Waals surface area contributed by atoms with Gasteiger partial charge in [-0.25, -0.2) is 9.59 Å².